The predicted molar refractivity (Wildman–Crippen MR) is 91.3 cm³/mol. The number of fused-ring (bicyclic) bond motifs is 1. The zero-order chi connectivity index (χ0) is 19.1. The fourth-order valence-corrected chi connectivity index (χ4v) is 2.71. The lowest BCUT2D eigenvalue weighted by molar-refractivity contribution is 0.0864. The number of alkyl halides is 3. The van der Waals surface area contributed by atoms with Gasteiger partial charge in [-0.15, -0.1) is 0 Å². The third-order valence-corrected chi connectivity index (χ3v) is 4.08. The zero-order valence-electron chi connectivity index (χ0n) is 14.4. The Morgan fingerprint density at radius 2 is 2.04 bits per heavy atom. The van der Waals surface area contributed by atoms with Crippen LogP contribution in [-0.4, -0.2) is 30.3 Å². The molecule has 3 rings (SSSR count). The van der Waals surface area contributed by atoms with Gasteiger partial charge in [0.25, 0.3) is 5.91 Å². The summed E-state index contributed by atoms with van der Waals surface area (Å²) in [4.78, 5) is 16.5. The van der Waals surface area contributed by atoms with Crippen molar-refractivity contribution in [3.63, 3.8) is 0 Å². The molecule has 0 saturated carbocycles. The van der Waals surface area contributed by atoms with E-state index < -0.39 is 17.0 Å². The van der Waals surface area contributed by atoms with Crippen LogP contribution in [0, 0.1) is 13.8 Å². The molecular weight excluding hydrogens is 366 g/mol. The number of hydrogen-bond acceptors (Lipinski definition) is 4. The van der Waals surface area contributed by atoms with Gasteiger partial charge in [0.05, 0.1) is 5.69 Å². The Morgan fingerprint density at radius 3 is 2.65 bits per heavy atom. The Bertz CT molecular complexity index is 975. The van der Waals surface area contributed by atoms with E-state index in [-0.39, 0.29) is 17.9 Å². The van der Waals surface area contributed by atoms with Crippen molar-refractivity contribution in [3.8, 4) is 0 Å². The van der Waals surface area contributed by atoms with Gasteiger partial charge in [-0.05, 0) is 38.4 Å². The molecule has 0 aromatic carbocycles. The van der Waals surface area contributed by atoms with Crippen LogP contribution in [0.25, 0.3) is 5.65 Å². The molecule has 0 bridgehead atoms. The molecule has 0 radical (unpaired) electrons. The molecule has 3 heterocycles. The van der Waals surface area contributed by atoms with Crippen LogP contribution < -0.4 is 5.32 Å². The largest absolute Gasteiger partial charge is 0.364 e. The number of amides is 1. The lowest BCUT2D eigenvalue weighted by Gasteiger charge is -2.10. The molecule has 138 valence electrons. The van der Waals surface area contributed by atoms with Crippen LogP contribution in [0.4, 0.5) is 8.78 Å². The molecule has 26 heavy (non-hydrogen) atoms. The van der Waals surface area contributed by atoms with Gasteiger partial charge in [0.15, 0.2) is 11.3 Å². The van der Waals surface area contributed by atoms with Crippen LogP contribution in [0.15, 0.2) is 18.3 Å². The summed E-state index contributed by atoms with van der Waals surface area (Å²) < 4.78 is 29.8. The Morgan fingerprint density at radius 1 is 1.31 bits per heavy atom. The SMILES string of the molecule is CCn1cc(CNC(=O)c2cc3nc(C)cc(C(F)(F)Cl)n3n2)c(C)n1. The van der Waals surface area contributed by atoms with Gasteiger partial charge in [-0.1, -0.05) is 0 Å². The van der Waals surface area contributed by atoms with E-state index in [2.05, 4.69) is 20.5 Å². The Balaban J connectivity index is 1.86. The van der Waals surface area contributed by atoms with Crippen LogP contribution >= 0.6 is 11.6 Å². The lowest BCUT2D eigenvalue weighted by Crippen LogP contribution is -2.23. The molecule has 0 unspecified atom stereocenters. The maximum atomic E-state index is 13.6. The van der Waals surface area contributed by atoms with Gasteiger partial charge < -0.3 is 5.32 Å². The minimum Gasteiger partial charge on any atom is -0.346 e. The summed E-state index contributed by atoms with van der Waals surface area (Å²) in [6, 6.07) is 2.48. The van der Waals surface area contributed by atoms with E-state index in [0.717, 1.165) is 28.4 Å². The average molecular weight is 383 g/mol. The second-order valence-corrected chi connectivity index (χ2v) is 6.33. The summed E-state index contributed by atoms with van der Waals surface area (Å²) in [6.07, 6.45) is 1.84. The molecule has 0 atom stereocenters. The normalized spacial score (nSPS) is 11.9. The molecule has 0 saturated heterocycles. The highest BCUT2D eigenvalue weighted by Crippen LogP contribution is 2.32. The van der Waals surface area contributed by atoms with Crippen molar-refractivity contribution in [2.24, 2.45) is 0 Å². The number of nitrogens with one attached hydrogen (secondary N) is 1. The number of carbonyl (C=O) groups excluding carboxylic acids is 1. The monoisotopic (exact) mass is 382 g/mol. The number of aryl methyl sites for hydroxylation is 3. The molecule has 1 N–H and O–H groups in total. The molecule has 0 fully saturated rings. The van der Waals surface area contributed by atoms with Gasteiger partial charge >= 0.3 is 5.38 Å². The van der Waals surface area contributed by atoms with Crippen LogP contribution in [0.5, 0.6) is 0 Å². The van der Waals surface area contributed by atoms with Gasteiger partial charge in [-0.2, -0.15) is 19.0 Å². The lowest BCUT2D eigenvalue weighted by atomic mass is 10.2. The van der Waals surface area contributed by atoms with Crippen LogP contribution in [-0.2, 0) is 18.5 Å². The molecular formula is C16H17ClF2N6O. The zero-order valence-corrected chi connectivity index (χ0v) is 15.2. The van der Waals surface area contributed by atoms with E-state index in [0.29, 0.717) is 5.69 Å². The first-order valence-electron chi connectivity index (χ1n) is 7.94. The Labute approximate surface area is 153 Å². The van der Waals surface area contributed by atoms with Crippen LogP contribution in [0.1, 0.15) is 40.1 Å². The summed E-state index contributed by atoms with van der Waals surface area (Å²) in [5, 5.41) is 7.32. The van der Waals surface area contributed by atoms with E-state index in [1.54, 1.807) is 11.6 Å². The first-order chi connectivity index (χ1) is 12.2. The van der Waals surface area contributed by atoms with Crippen molar-refractivity contribution in [2.75, 3.05) is 0 Å². The van der Waals surface area contributed by atoms with Gasteiger partial charge in [0.1, 0.15) is 5.69 Å². The van der Waals surface area contributed by atoms with Gasteiger partial charge in [-0.3, -0.25) is 9.48 Å². The fraction of sp³-hybridized carbons (Fsp3) is 0.375. The molecule has 3 aromatic heterocycles. The molecule has 10 heteroatoms. The minimum atomic E-state index is -3.63. The Hall–Kier alpha value is -2.55. The number of rotatable bonds is 5. The molecule has 7 nitrogen and oxygen atoms in total. The maximum absolute atomic E-state index is 13.6. The standard InChI is InChI=1S/C16H17ClF2N6O/c1-4-24-8-11(10(3)22-24)7-20-15(26)12-6-14-21-9(2)5-13(16(17,18)19)25(14)23-12/h5-6,8H,4,7H2,1-3H3,(H,20,26). The van der Waals surface area contributed by atoms with E-state index in [1.807, 2.05) is 20.0 Å². The number of aromatic nitrogens is 5. The quantitative estimate of drug-likeness (QED) is 0.688. The van der Waals surface area contributed by atoms with Crippen molar-refractivity contribution in [2.45, 2.75) is 39.2 Å². The third kappa shape index (κ3) is 3.52. The number of hydrogen-bond donors (Lipinski definition) is 1. The molecule has 0 aliphatic carbocycles. The Kier molecular flexibility index (Phi) is 4.66. The van der Waals surface area contributed by atoms with Crippen molar-refractivity contribution in [1.82, 2.24) is 29.7 Å². The van der Waals surface area contributed by atoms with E-state index in [4.69, 9.17) is 11.6 Å². The fourth-order valence-electron chi connectivity index (χ4n) is 2.57. The van der Waals surface area contributed by atoms with E-state index in [1.165, 1.54) is 6.07 Å². The van der Waals surface area contributed by atoms with E-state index >= 15 is 0 Å². The summed E-state index contributed by atoms with van der Waals surface area (Å²) in [7, 11) is 0. The summed E-state index contributed by atoms with van der Waals surface area (Å²) >= 11 is 5.14. The highest BCUT2D eigenvalue weighted by molar-refractivity contribution is 6.21. The van der Waals surface area contributed by atoms with Crippen molar-refractivity contribution >= 4 is 23.2 Å². The second kappa shape index (κ2) is 6.64. The number of carbonyl (C=O) groups is 1. The summed E-state index contributed by atoms with van der Waals surface area (Å²) in [6.45, 7) is 6.35. The molecule has 3 aromatic rings. The molecule has 1 amide bonds. The highest BCUT2D eigenvalue weighted by Gasteiger charge is 2.32. The van der Waals surface area contributed by atoms with E-state index in [9.17, 15) is 13.6 Å². The number of halogens is 3. The first-order valence-corrected chi connectivity index (χ1v) is 8.32. The van der Waals surface area contributed by atoms with Gasteiger partial charge in [0.2, 0.25) is 0 Å². The van der Waals surface area contributed by atoms with Crippen LogP contribution in [0.2, 0.25) is 0 Å². The van der Waals surface area contributed by atoms with Gasteiger partial charge in [-0.25, -0.2) is 9.50 Å². The summed E-state index contributed by atoms with van der Waals surface area (Å²) in [5.74, 6) is -0.499. The topological polar surface area (TPSA) is 77.1 Å². The average Bonchev–Trinajstić information content (AvgIpc) is 3.14. The van der Waals surface area contributed by atoms with Crippen LogP contribution in [0.3, 0.4) is 0 Å². The minimum absolute atomic E-state index is 0.0224. The molecule has 0 spiro atoms. The maximum Gasteiger partial charge on any atom is 0.364 e. The first kappa shape index (κ1) is 18.2. The second-order valence-electron chi connectivity index (χ2n) is 5.86. The number of nitrogens with zero attached hydrogens (tertiary/aromatic N) is 5. The van der Waals surface area contributed by atoms with Crippen molar-refractivity contribution in [1.29, 1.82) is 0 Å². The highest BCUT2D eigenvalue weighted by atomic mass is 35.5. The van der Waals surface area contributed by atoms with Crippen molar-refractivity contribution in [3.05, 3.63) is 46.7 Å². The smallest absolute Gasteiger partial charge is 0.346 e. The predicted octanol–water partition coefficient (Wildman–Crippen LogP) is 2.78. The third-order valence-electron chi connectivity index (χ3n) is 3.89. The molecule has 0 aliphatic heterocycles. The van der Waals surface area contributed by atoms with Gasteiger partial charge in [0, 0.05) is 36.6 Å². The van der Waals surface area contributed by atoms with Crippen molar-refractivity contribution < 1.29 is 13.6 Å². The summed E-state index contributed by atoms with van der Waals surface area (Å²) in [5.41, 5.74) is 1.59. The molecule has 0 aliphatic rings.